The van der Waals surface area contributed by atoms with Gasteiger partial charge in [0.1, 0.15) is 0 Å². The Morgan fingerprint density at radius 2 is 1.61 bits per heavy atom. The van der Waals surface area contributed by atoms with E-state index in [-0.39, 0.29) is 5.41 Å². The van der Waals surface area contributed by atoms with Crippen LogP contribution in [0.4, 0.5) is 0 Å². The molecule has 0 radical (unpaired) electrons. The molecule has 5 rings (SSSR count). The predicted molar refractivity (Wildman–Crippen MR) is 97.5 cm³/mol. The Bertz CT molecular complexity index is 524. The average molecular weight is 335 g/mol. The summed E-state index contributed by atoms with van der Waals surface area (Å²) in [6.45, 7) is 7.23. The van der Waals surface area contributed by atoms with E-state index in [9.17, 15) is 5.11 Å². The molecule has 130 valence electrons. The van der Waals surface area contributed by atoms with Crippen molar-refractivity contribution in [2.24, 2.45) is 34.5 Å². The second-order valence-electron chi connectivity index (χ2n) is 10.6. The molecule has 0 aromatic rings. The Labute approximate surface area is 146 Å². The summed E-state index contributed by atoms with van der Waals surface area (Å²) in [4.78, 5) is 0. The second-order valence-corrected chi connectivity index (χ2v) is 12.0. The van der Waals surface area contributed by atoms with E-state index in [4.69, 9.17) is 0 Å². The van der Waals surface area contributed by atoms with Gasteiger partial charge in [0, 0.05) is 10.5 Å². The van der Waals surface area contributed by atoms with Crippen LogP contribution < -0.4 is 0 Å². The molecule has 23 heavy (non-hydrogen) atoms. The van der Waals surface area contributed by atoms with E-state index in [0.717, 1.165) is 34.8 Å². The Hall–Kier alpha value is 0.310. The van der Waals surface area contributed by atoms with Crippen molar-refractivity contribution in [2.45, 2.75) is 88.9 Å². The van der Waals surface area contributed by atoms with E-state index in [1.807, 2.05) is 0 Å². The van der Waals surface area contributed by atoms with Crippen LogP contribution in [0.3, 0.4) is 0 Å². The van der Waals surface area contributed by atoms with Crippen LogP contribution in [0.25, 0.3) is 0 Å². The first-order chi connectivity index (χ1) is 10.8. The summed E-state index contributed by atoms with van der Waals surface area (Å²) in [5.41, 5.74) is 0.397. The summed E-state index contributed by atoms with van der Waals surface area (Å²) < 4.78 is 0.733. The molecule has 1 aliphatic heterocycles. The number of hydrogen-bond donors (Lipinski definition) is 1. The molecule has 0 bridgehead atoms. The summed E-state index contributed by atoms with van der Waals surface area (Å²) >= 11 is 2.26. The van der Waals surface area contributed by atoms with E-state index >= 15 is 0 Å². The minimum atomic E-state index is -0.415. The summed E-state index contributed by atoms with van der Waals surface area (Å²) in [6, 6.07) is 0. The third-order valence-electron chi connectivity index (χ3n) is 9.92. The molecule has 4 aliphatic carbocycles. The Kier molecular flexibility index (Phi) is 3.06. The fourth-order valence-corrected chi connectivity index (χ4v) is 8.95. The molecule has 0 aromatic carbocycles. The van der Waals surface area contributed by atoms with Gasteiger partial charge in [-0.15, -0.1) is 0 Å². The molecule has 8 atom stereocenters. The molecule has 1 nitrogen and oxygen atoms in total. The Morgan fingerprint density at radius 1 is 0.870 bits per heavy atom. The molecule has 0 aromatic heterocycles. The topological polar surface area (TPSA) is 20.2 Å². The van der Waals surface area contributed by atoms with Crippen molar-refractivity contribution in [2.75, 3.05) is 5.75 Å². The molecule has 5 aliphatic rings. The van der Waals surface area contributed by atoms with Crippen LogP contribution in [-0.2, 0) is 0 Å². The van der Waals surface area contributed by atoms with Crippen LogP contribution in [0.2, 0.25) is 0 Å². The van der Waals surface area contributed by atoms with E-state index in [2.05, 4.69) is 32.5 Å². The molecule has 4 saturated carbocycles. The van der Waals surface area contributed by atoms with Crippen LogP contribution in [0.15, 0.2) is 0 Å². The van der Waals surface area contributed by atoms with Gasteiger partial charge >= 0.3 is 0 Å². The van der Waals surface area contributed by atoms with Gasteiger partial charge in [0.15, 0.2) is 0 Å². The van der Waals surface area contributed by atoms with E-state index in [0.29, 0.717) is 5.41 Å². The zero-order chi connectivity index (χ0) is 16.1. The first-order valence-corrected chi connectivity index (χ1v) is 11.1. The SMILES string of the molecule is C[C@]12CC[C@]3(CS3)C[C@H]1CC[C@H]1[C@H]3CC[C@](C)(O)[C@@]3(C)CC[C@@H]12. The van der Waals surface area contributed by atoms with Gasteiger partial charge in [-0.05, 0) is 99.2 Å². The first kappa shape index (κ1) is 15.6. The maximum Gasteiger partial charge on any atom is 0.0675 e. The van der Waals surface area contributed by atoms with Crippen LogP contribution >= 0.6 is 11.8 Å². The highest BCUT2D eigenvalue weighted by atomic mass is 32.2. The first-order valence-electron chi connectivity index (χ1n) is 10.2. The predicted octanol–water partition coefficient (Wildman–Crippen LogP) is 5.27. The highest BCUT2D eigenvalue weighted by Gasteiger charge is 2.64. The van der Waals surface area contributed by atoms with Gasteiger partial charge in [-0.3, -0.25) is 0 Å². The Balaban J connectivity index is 1.45. The largest absolute Gasteiger partial charge is 0.390 e. The molecule has 5 fully saturated rings. The molecule has 1 heterocycles. The van der Waals surface area contributed by atoms with Crippen LogP contribution in [0, 0.1) is 34.5 Å². The minimum absolute atomic E-state index is 0.194. The molecule has 1 N–H and O–H groups in total. The molecular formula is C21H34OS. The Morgan fingerprint density at radius 3 is 2.35 bits per heavy atom. The van der Waals surface area contributed by atoms with Crippen molar-refractivity contribution in [1.29, 1.82) is 0 Å². The monoisotopic (exact) mass is 334 g/mol. The molecule has 0 unspecified atom stereocenters. The lowest BCUT2D eigenvalue weighted by molar-refractivity contribution is -0.146. The highest BCUT2D eigenvalue weighted by Crippen LogP contribution is 2.71. The van der Waals surface area contributed by atoms with Crippen LogP contribution in [0.1, 0.15) is 78.6 Å². The highest BCUT2D eigenvalue weighted by molar-refractivity contribution is 8.07. The standard InChI is InChI=1S/C21H34OS/c1-18-10-11-21(13-23-21)12-14(18)4-5-15-16(18)6-8-19(2)17(15)7-9-20(19,3)22/h14-17,22H,4-13H2,1-3H3/t14-,15-,16+,17-,18+,19+,20+,21-/m1/s1. The fraction of sp³-hybridized carbons (Fsp3) is 1.00. The maximum atomic E-state index is 11.0. The molecule has 0 amide bonds. The van der Waals surface area contributed by atoms with Crippen molar-refractivity contribution in [3.63, 3.8) is 0 Å². The summed E-state index contributed by atoms with van der Waals surface area (Å²) in [6.07, 6.45) is 12.4. The number of hydrogen-bond acceptors (Lipinski definition) is 2. The summed E-state index contributed by atoms with van der Waals surface area (Å²) in [5.74, 6) is 5.11. The van der Waals surface area contributed by atoms with E-state index < -0.39 is 5.60 Å². The maximum absolute atomic E-state index is 11.0. The number of rotatable bonds is 0. The lowest BCUT2D eigenvalue weighted by Gasteiger charge is -2.61. The molecule has 2 heteroatoms. The zero-order valence-electron chi connectivity index (χ0n) is 15.2. The number of thioether (sulfide) groups is 1. The third-order valence-corrected chi connectivity index (χ3v) is 11.4. The van der Waals surface area contributed by atoms with Crippen molar-refractivity contribution in [3.05, 3.63) is 0 Å². The van der Waals surface area contributed by atoms with E-state index in [1.165, 1.54) is 57.1 Å². The van der Waals surface area contributed by atoms with Crippen molar-refractivity contribution >= 4 is 11.8 Å². The summed E-state index contributed by atoms with van der Waals surface area (Å²) in [7, 11) is 0. The molecular weight excluding hydrogens is 300 g/mol. The molecule has 1 saturated heterocycles. The smallest absolute Gasteiger partial charge is 0.0675 e. The minimum Gasteiger partial charge on any atom is -0.390 e. The van der Waals surface area contributed by atoms with Crippen molar-refractivity contribution in [1.82, 2.24) is 0 Å². The van der Waals surface area contributed by atoms with Gasteiger partial charge < -0.3 is 5.11 Å². The van der Waals surface area contributed by atoms with Gasteiger partial charge in [0.05, 0.1) is 5.60 Å². The van der Waals surface area contributed by atoms with Crippen molar-refractivity contribution < 1.29 is 5.11 Å². The summed E-state index contributed by atoms with van der Waals surface area (Å²) in [5, 5.41) is 11.0. The zero-order valence-corrected chi connectivity index (χ0v) is 16.1. The third kappa shape index (κ3) is 1.92. The average Bonchev–Trinajstić information content (AvgIpc) is 3.21. The quantitative estimate of drug-likeness (QED) is 0.609. The van der Waals surface area contributed by atoms with Gasteiger partial charge in [-0.25, -0.2) is 0 Å². The number of fused-ring (bicyclic) bond motifs is 5. The van der Waals surface area contributed by atoms with E-state index in [1.54, 1.807) is 0 Å². The van der Waals surface area contributed by atoms with Crippen LogP contribution in [0.5, 0.6) is 0 Å². The van der Waals surface area contributed by atoms with Gasteiger partial charge in [-0.2, -0.15) is 11.8 Å². The lowest BCUT2D eigenvalue weighted by Crippen LogP contribution is -2.56. The second kappa shape index (κ2) is 4.53. The van der Waals surface area contributed by atoms with Crippen LogP contribution in [-0.4, -0.2) is 21.2 Å². The van der Waals surface area contributed by atoms with Gasteiger partial charge in [-0.1, -0.05) is 13.8 Å². The fourth-order valence-electron chi connectivity index (χ4n) is 7.92. The lowest BCUT2D eigenvalue weighted by atomic mass is 9.44. The van der Waals surface area contributed by atoms with Gasteiger partial charge in [0.25, 0.3) is 0 Å². The normalized spacial score (nSPS) is 64.2. The van der Waals surface area contributed by atoms with Crippen molar-refractivity contribution in [3.8, 4) is 0 Å². The number of aliphatic hydroxyl groups is 1. The van der Waals surface area contributed by atoms with Gasteiger partial charge in [0.2, 0.25) is 0 Å². The molecule has 1 spiro atoms.